The number of nitrogens with zero attached hydrogens (tertiary/aromatic N) is 1. The van der Waals surface area contributed by atoms with Crippen LogP contribution in [0.25, 0.3) is 0 Å². The molecule has 1 saturated heterocycles. The average Bonchev–Trinajstić information content (AvgIpc) is 3.68. The summed E-state index contributed by atoms with van der Waals surface area (Å²) in [6.07, 6.45) is 49.0. The minimum absolute atomic E-state index is 0.121. The average molecular weight is 921 g/mol. The minimum atomic E-state index is 0.121. The van der Waals surface area contributed by atoms with E-state index in [0.29, 0.717) is 50.0 Å². The highest BCUT2D eigenvalue weighted by molar-refractivity contribution is 5.25. The summed E-state index contributed by atoms with van der Waals surface area (Å²) in [6, 6.07) is 0. The number of unbranched alkanes of at least 4 members (excludes halogenated alkanes) is 12. The van der Waals surface area contributed by atoms with Crippen LogP contribution in [-0.4, -0.2) is 76.4 Å². The molecule has 5 aliphatic carbocycles. The summed E-state index contributed by atoms with van der Waals surface area (Å²) < 4.78 is 25.6. The van der Waals surface area contributed by atoms with Crippen LogP contribution in [0.1, 0.15) is 234 Å². The van der Waals surface area contributed by atoms with Gasteiger partial charge in [-0.15, -0.1) is 0 Å². The first-order valence-electron chi connectivity index (χ1n) is 29.7. The molecule has 11 atom stereocenters. The summed E-state index contributed by atoms with van der Waals surface area (Å²) in [5, 5.41) is 0. The molecule has 382 valence electrons. The molecule has 0 N–H and O–H groups in total. The normalized spacial score (nSPS) is 32.2. The molecule has 1 aliphatic heterocycles. The summed E-state index contributed by atoms with van der Waals surface area (Å²) in [7, 11) is 0. The Bertz CT molecular complexity index is 1360. The maximum atomic E-state index is 6.57. The van der Waals surface area contributed by atoms with Crippen LogP contribution in [0.3, 0.4) is 0 Å². The summed E-state index contributed by atoms with van der Waals surface area (Å²) in [5.41, 5.74) is 2.69. The van der Waals surface area contributed by atoms with Crippen molar-refractivity contribution in [2.45, 2.75) is 246 Å². The maximum Gasteiger partial charge on any atom is 0.0936 e. The van der Waals surface area contributed by atoms with Crippen molar-refractivity contribution in [2.75, 3.05) is 59.3 Å². The molecule has 0 aromatic rings. The van der Waals surface area contributed by atoms with Crippen LogP contribution in [0, 0.1) is 58.2 Å². The van der Waals surface area contributed by atoms with Crippen LogP contribution >= 0.6 is 0 Å². The first kappa shape index (κ1) is 54.6. The van der Waals surface area contributed by atoms with Gasteiger partial charge in [-0.05, 0) is 161 Å². The van der Waals surface area contributed by atoms with Crippen molar-refractivity contribution in [3.63, 3.8) is 0 Å². The van der Waals surface area contributed by atoms with Crippen molar-refractivity contribution in [3.8, 4) is 0 Å². The van der Waals surface area contributed by atoms with E-state index in [2.05, 4.69) is 64.7 Å². The number of likely N-dealkylation sites (tertiary alicyclic amines) is 1. The molecule has 0 aromatic heterocycles. The lowest BCUT2D eigenvalue weighted by molar-refractivity contribution is -0.0751. The van der Waals surface area contributed by atoms with Crippen molar-refractivity contribution < 1.29 is 18.9 Å². The standard InChI is InChI=1S/C61H109NO4/c1-7-8-9-10-11-12-13-14-15-16-17-18-19-20-21-24-40-64-48-55(47-62-39-36-51-28-22-23-29-52(51)46-62)66-44-42-63-41-43-65-54-34-37-60(5)53(45-54)30-31-56-58-33-32-57(50(4)27-25-26-49(2)3)61(58,6)38-35-59(56)60/h14-15,30,49-52,54-59H,7-13,16-29,31-48H2,1-6H3/b15-14-. The van der Waals surface area contributed by atoms with E-state index in [0.717, 1.165) is 66.9 Å². The Morgan fingerprint density at radius 1 is 0.682 bits per heavy atom. The zero-order valence-electron chi connectivity index (χ0n) is 44.7. The molecule has 0 aromatic carbocycles. The zero-order valence-corrected chi connectivity index (χ0v) is 44.7. The Hall–Kier alpha value is -0.720. The summed E-state index contributed by atoms with van der Waals surface area (Å²) in [6.45, 7) is 22.7. The van der Waals surface area contributed by atoms with Gasteiger partial charge in [-0.2, -0.15) is 0 Å². The predicted octanol–water partition coefficient (Wildman–Crippen LogP) is 16.4. The second-order valence-corrected chi connectivity index (χ2v) is 24.5. The fourth-order valence-electron chi connectivity index (χ4n) is 15.4. The van der Waals surface area contributed by atoms with Gasteiger partial charge in [0.2, 0.25) is 0 Å². The Morgan fingerprint density at radius 2 is 1.41 bits per heavy atom. The van der Waals surface area contributed by atoms with Crippen LogP contribution in [0.2, 0.25) is 0 Å². The third-order valence-corrected chi connectivity index (χ3v) is 19.4. The third-order valence-electron chi connectivity index (χ3n) is 19.4. The lowest BCUT2D eigenvalue weighted by Gasteiger charge is -2.58. The minimum Gasteiger partial charge on any atom is -0.379 e. The van der Waals surface area contributed by atoms with Gasteiger partial charge >= 0.3 is 0 Å². The SMILES string of the molecule is CCCCCCCC/C=C\CCCCCCCCOCC(CN1CCC2CCCCC2C1)OCCOCCOC1CCC2(C)C(=CCC3C2CCC2(C)C(C(C)CCCC(C)C)CCC32)C1. The van der Waals surface area contributed by atoms with Crippen LogP contribution in [0.4, 0.5) is 0 Å². The molecule has 66 heavy (non-hydrogen) atoms. The van der Waals surface area contributed by atoms with Crippen LogP contribution < -0.4 is 0 Å². The van der Waals surface area contributed by atoms with Crippen LogP contribution in [0.5, 0.6) is 0 Å². The predicted molar refractivity (Wildman–Crippen MR) is 280 cm³/mol. The molecule has 11 unspecified atom stereocenters. The van der Waals surface area contributed by atoms with Gasteiger partial charge in [0, 0.05) is 19.7 Å². The van der Waals surface area contributed by atoms with E-state index in [1.54, 1.807) is 5.57 Å². The van der Waals surface area contributed by atoms with Gasteiger partial charge in [-0.1, -0.05) is 162 Å². The molecule has 0 bridgehead atoms. The van der Waals surface area contributed by atoms with Gasteiger partial charge in [0.05, 0.1) is 45.2 Å². The molecule has 0 spiro atoms. The molecule has 6 rings (SSSR count). The molecule has 6 aliphatic rings. The summed E-state index contributed by atoms with van der Waals surface area (Å²) in [4.78, 5) is 2.70. The van der Waals surface area contributed by atoms with Crippen LogP contribution in [-0.2, 0) is 18.9 Å². The number of fused-ring (bicyclic) bond motifs is 6. The molecule has 0 radical (unpaired) electrons. The number of piperidine rings is 1. The van der Waals surface area contributed by atoms with E-state index < -0.39 is 0 Å². The number of rotatable bonds is 33. The van der Waals surface area contributed by atoms with Crippen molar-refractivity contribution in [1.29, 1.82) is 0 Å². The monoisotopic (exact) mass is 920 g/mol. The quantitative estimate of drug-likeness (QED) is 0.0485. The van der Waals surface area contributed by atoms with E-state index in [4.69, 9.17) is 18.9 Å². The van der Waals surface area contributed by atoms with Gasteiger partial charge in [-0.25, -0.2) is 0 Å². The van der Waals surface area contributed by atoms with E-state index in [1.807, 2.05) is 0 Å². The van der Waals surface area contributed by atoms with Gasteiger partial charge < -0.3 is 23.8 Å². The van der Waals surface area contributed by atoms with Gasteiger partial charge in [0.15, 0.2) is 0 Å². The van der Waals surface area contributed by atoms with E-state index >= 15 is 0 Å². The third kappa shape index (κ3) is 16.7. The highest BCUT2D eigenvalue weighted by atomic mass is 16.6. The lowest BCUT2D eigenvalue weighted by Crippen LogP contribution is -2.51. The smallest absolute Gasteiger partial charge is 0.0936 e. The molecular formula is C61H109NO4. The number of hydrogen-bond donors (Lipinski definition) is 0. The topological polar surface area (TPSA) is 40.2 Å². The zero-order chi connectivity index (χ0) is 46.5. The molecule has 4 saturated carbocycles. The van der Waals surface area contributed by atoms with Crippen molar-refractivity contribution >= 4 is 0 Å². The van der Waals surface area contributed by atoms with Crippen LogP contribution in [0.15, 0.2) is 23.8 Å². The second-order valence-electron chi connectivity index (χ2n) is 24.5. The van der Waals surface area contributed by atoms with E-state index in [-0.39, 0.29) is 6.10 Å². The Balaban J connectivity index is 0.833. The Morgan fingerprint density at radius 3 is 2.18 bits per heavy atom. The Labute approximate surface area is 409 Å². The van der Waals surface area contributed by atoms with Crippen molar-refractivity contribution in [2.24, 2.45) is 58.2 Å². The first-order chi connectivity index (χ1) is 32.2. The number of hydrogen-bond acceptors (Lipinski definition) is 5. The molecule has 5 heteroatoms. The van der Waals surface area contributed by atoms with Gasteiger partial charge in [0.1, 0.15) is 0 Å². The summed E-state index contributed by atoms with van der Waals surface area (Å²) in [5.74, 6) is 7.23. The largest absolute Gasteiger partial charge is 0.379 e. The van der Waals surface area contributed by atoms with E-state index in [9.17, 15) is 0 Å². The van der Waals surface area contributed by atoms with Crippen molar-refractivity contribution in [1.82, 2.24) is 4.90 Å². The molecule has 1 heterocycles. The molecule has 5 nitrogen and oxygen atoms in total. The number of allylic oxidation sites excluding steroid dienone is 3. The number of ether oxygens (including phenoxy) is 4. The molecule has 0 amide bonds. The van der Waals surface area contributed by atoms with Gasteiger partial charge in [0.25, 0.3) is 0 Å². The highest BCUT2D eigenvalue weighted by Gasteiger charge is 2.59. The van der Waals surface area contributed by atoms with Gasteiger partial charge in [-0.3, -0.25) is 0 Å². The fourth-order valence-corrected chi connectivity index (χ4v) is 15.4. The lowest BCUT2D eigenvalue weighted by atomic mass is 9.47. The second kappa shape index (κ2) is 29.6. The Kier molecular flexibility index (Phi) is 24.5. The van der Waals surface area contributed by atoms with E-state index in [1.165, 1.54) is 199 Å². The summed E-state index contributed by atoms with van der Waals surface area (Å²) >= 11 is 0. The first-order valence-corrected chi connectivity index (χ1v) is 29.7. The fraction of sp³-hybridized carbons (Fsp3) is 0.934. The maximum absolute atomic E-state index is 6.57. The van der Waals surface area contributed by atoms with Crippen molar-refractivity contribution in [3.05, 3.63) is 23.8 Å². The molecular weight excluding hydrogens is 811 g/mol. The highest BCUT2D eigenvalue weighted by Crippen LogP contribution is 2.67. The molecule has 5 fully saturated rings.